The molecule has 1 fully saturated rings. The molecule has 0 N–H and O–H groups in total. The lowest BCUT2D eigenvalue weighted by Crippen LogP contribution is -2.42. The van der Waals surface area contributed by atoms with Crippen LogP contribution in [0.25, 0.3) is 0 Å². The van der Waals surface area contributed by atoms with Crippen LogP contribution in [0, 0.1) is 5.92 Å². The van der Waals surface area contributed by atoms with Gasteiger partial charge in [0.15, 0.2) is 0 Å². The predicted molar refractivity (Wildman–Crippen MR) is 173 cm³/mol. The minimum atomic E-state index is -0.618. The fraction of sp³-hybridized carbons (Fsp3) is 0.286. The van der Waals surface area contributed by atoms with E-state index in [-0.39, 0.29) is 12.1 Å². The monoisotopic (exact) mass is 567 g/mol. The smallest absolute Gasteiger partial charge is 0.410 e. The van der Waals surface area contributed by atoms with Gasteiger partial charge in [-0.15, -0.1) is 0 Å². The van der Waals surface area contributed by atoms with E-state index in [0.717, 1.165) is 25.3 Å². The molecule has 0 bridgehead atoms. The molecule has 5 rings (SSSR count). The third-order valence-corrected chi connectivity index (χ3v) is 12.6. The van der Waals surface area contributed by atoms with Crippen LogP contribution >= 0.6 is 15.8 Å². The van der Waals surface area contributed by atoms with Gasteiger partial charge in [0.1, 0.15) is 5.60 Å². The van der Waals surface area contributed by atoms with Gasteiger partial charge in [-0.25, -0.2) is 4.79 Å². The third-order valence-electron chi connectivity index (χ3n) is 7.23. The Morgan fingerprint density at radius 1 is 0.675 bits per heavy atom. The van der Waals surface area contributed by atoms with Crippen LogP contribution in [0.4, 0.5) is 4.79 Å². The van der Waals surface area contributed by atoms with Crippen molar-refractivity contribution in [2.75, 3.05) is 18.9 Å². The SMILES string of the molecule is CC(C)(C)OC(=O)N1C[C@@H](CP(c2ccccc2)c2ccccc2)C[C@H]1CP(c1ccccc1)c1ccccc1. The van der Waals surface area contributed by atoms with Crippen molar-refractivity contribution in [1.82, 2.24) is 4.90 Å². The summed E-state index contributed by atoms with van der Waals surface area (Å²) in [7, 11) is -1.15. The van der Waals surface area contributed by atoms with E-state index in [0.29, 0.717) is 5.92 Å². The van der Waals surface area contributed by atoms with Crippen LogP contribution in [0.3, 0.4) is 0 Å². The standard InChI is InChI=1S/C35H39NO2P2/c1-35(2,3)38-34(37)36-25-28(26-39(30-16-8-4-9-17-30)31-18-10-5-11-19-31)24-29(36)27-40(32-20-12-6-13-21-32)33-22-14-7-15-23-33/h4-23,28-29H,24-27H2,1-3H3/t28-,29-/m0/s1. The first-order valence-corrected chi connectivity index (χ1v) is 17.2. The van der Waals surface area contributed by atoms with Crippen LogP contribution in [-0.2, 0) is 4.74 Å². The second kappa shape index (κ2) is 13.1. The average Bonchev–Trinajstić information content (AvgIpc) is 3.38. The summed E-state index contributed by atoms with van der Waals surface area (Å²) >= 11 is 0. The molecule has 0 spiro atoms. The summed E-state index contributed by atoms with van der Waals surface area (Å²) in [4.78, 5) is 15.7. The van der Waals surface area contributed by atoms with E-state index < -0.39 is 21.4 Å². The van der Waals surface area contributed by atoms with Gasteiger partial charge in [-0.3, -0.25) is 0 Å². The lowest BCUT2D eigenvalue weighted by atomic mass is 10.1. The average molecular weight is 568 g/mol. The number of amides is 1. The van der Waals surface area contributed by atoms with E-state index in [1.54, 1.807) is 0 Å². The van der Waals surface area contributed by atoms with E-state index in [1.165, 1.54) is 21.2 Å². The zero-order valence-electron chi connectivity index (χ0n) is 23.7. The van der Waals surface area contributed by atoms with Gasteiger partial charge < -0.3 is 9.64 Å². The van der Waals surface area contributed by atoms with Crippen LogP contribution in [0.1, 0.15) is 27.2 Å². The highest BCUT2D eigenvalue weighted by Crippen LogP contribution is 2.43. The summed E-state index contributed by atoms with van der Waals surface area (Å²) in [6, 6.07) is 43.6. The quantitative estimate of drug-likeness (QED) is 0.217. The number of likely N-dealkylation sites (tertiary alicyclic amines) is 1. The highest BCUT2D eigenvalue weighted by atomic mass is 31.1. The Kier molecular flexibility index (Phi) is 9.36. The molecule has 1 aliphatic rings. The molecule has 0 radical (unpaired) electrons. The van der Waals surface area contributed by atoms with Crippen molar-refractivity contribution in [3.8, 4) is 0 Å². The second-order valence-corrected chi connectivity index (χ2v) is 16.0. The number of carbonyl (C=O) groups is 1. The van der Waals surface area contributed by atoms with Gasteiger partial charge in [-0.05, 0) is 82.5 Å². The van der Waals surface area contributed by atoms with E-state index in [9.17, 15) is 4.79 Å². The van der Waals surface area contributed by atoms with Crippen molar-refractivity contribution < 1.29 is 9.53 Å². The summed E-state index contributed by atoms with van der Waals surface area (Å²) in [5, 5.41) is 5.50. The van der Waals surface area contributed by atoms with E-state index in [4.69, 9.17) is 4.74 Å². The van der Waals surface area contributed by atoms with Gasteiger partial charge in [0.2, 0.25) is 0 Å². The molecule has 1 saturated heterocycles. The first kappa shape index (κ1) is 28.5. The maximum absolute atomic E-state index is 13.6. The Morgan fingerprint density at radius 2 is 1.05 bits per heavy atom. The maximum Gasteiger partial charge on any atom is 0.410 e. The fourth-order valence-corrected chi connectivity index (χ4v) is 10.6. The summed E-state index contributed by atoms with van der Waals surface area (Å²) in [5.41, 5.74) is -0.524. The first-order chi connectivity index (χ1) is 19.4. The van der Waals surface area contributed by atoms with Gasteiger partial charge in [0.25, 0.3) is 0 Å². The summed E-state index contributed by atoms with van der Waals surface area (Å²) in [5.74, 6) is 0.410. The Bertz CT molecular complexity index is 1270. The number of rotatable bonds is 8. The van der Waals surface area contributed by atoms with Crippen molar-refractivity contribution in [2.24, 2.45) is 5.92 Å². The number of hydrogen-bond acceptors (Lipinski definition) is 2. The minimum absolute atomic E-state index is 0.134. The van der Waals surface area contributed by atoms with Gasteiger partial charge in [0.05, 0.1) is 0 Å². The number of hydrogen-bond donors (Lipinski definition) is 0. The fourth-order valence-electron chi connectivity index (χ4n) is 5.48. The topological polar surface area (TPSA) is 29.5 Å². The van der Waals surface area contributed by atoms with Crippen molar-refractivity contribution >= 4 is 43.2 Å². The van der Waals surface area contributed by atoms with E-state index in [1.807, 2.05) is 20.8 Å². The highest BCUT2D eigenvalue weighted by Gasteiger charge is 2.40. The molecular formula is C35H39NO2P2. The summed E-state index contributed by atoms with van der Waals surface area (Å²) in [6.45, 7) is 6.61. The summed E-state index contributed by atoms with van der Waals surface area (Å²) < 4.78 is 5.97. The lowest BCUT2D eigenvalue weighted by molar-refractivity contribution is 0.0237. The van der Waals surface area contributed by atoms with Crippen LogP contribution in [0.5, 0.6) is 0 Å². The van der Waals surface area contributed by atoms with Crippen LogP contribution in [-0.4, -0.2) is 41.5 Å². The van der Waals surface area contributed by atoms with Crippen molar-refractivity contribution in [3.63, 3.8) is 0 Å². The zero-order chi connectivity index (χ0) is 28.0. The molecule has 2 atom stereocenters. The van der Waals surface area contributed by atoms with Crippen molar-refractivity contribution in [3.05, 3.63) is 121 Å². The molecule has 1 heterocycles. The van der Waals surface area contributed by atoms with E-state index >= 15 is 0 Å². The Balaban J connectivity index is 1.44. The Hall–Kier alpha value is -2.99. The normalized spacial score (nSPS) is 17.4. The molecule has 0 aliphatic carbocycles. The molecule has 206 valence electrons. The van der Waals surface area contributed by atoms with Crippen molar-refractivity contribution in [2.45, 2.75) is 38.8 Å². The maximum atomic E-state index is 13.6. The number of ether oxygens (including phenoxy) is 1. The number of benzene rings is 4. The van der Waals surface area contributed by atoms with Crippen LogP contribution in [0.15, 0.2) is 121 Å². The van der Waals surface area contributed by atoms with Gasteiger partial charge in [0, 0.05) is 12.6 Å². The van der Waals surface area contributed by atoms with Gasteiger partial charge in [-0.1, -0.05) is 121 Å². The van der Waals surface area contributed by atoms with Gasteiger partial charge in [-0.2, -0.15) is 0 Å². The Labute approximate surface area is 242 Å². The van der Waals surface area contributed by atoms with E-state index in [2.05, 4.69) is 126 Å². The highest BCUT2D eigenvalue weighted by molar-refractivity contribution is 7.73. The molecular weight excluding hydrogens is 528 g/mol. The molecule has 0 saturated carbocycles. The molecule has 1 amide bonds. The molecule has 1 aliphatic heterocycles. The molecule has 4 aromatic carbocycles. The minimum Gasteiger partial charge on any atom is -0.444 e. The van der Waals surface area contributed by atoms with Crippen molar-refractivity contribution in [1.29, 1.82) is 0 Å². The number of nitrogens with zero attached hydrogens (tertiary/aromatic N) is 1. The third kappa shape index (κ3) is 7.39. The molecule has 5 heteroatoms. The predicted octanol–water partition coefficient (Wildman–Crippen LogP) is 6.88. The summed E-state index contributed by atoms with van der Waals surface area (Å²) in [6.07, 6.45) is 2.82. The molecule has 40 heavy (non-hydrogen) atoms. The van der Waals surface area contributed by atoms with Gasteiger partial charge >= 0.3 is 6.09 Å². The first-order valence-electron chi connectivity index (χ1n) is 14.1. The molecule has 0 aromatic heterocycles. The van der Waals surface area contributed by atoms with Crippen LogP contribution < -0.4 is 21.2 Å². The second-order valence-electron chi connectivity index (χ2n) is 11.5. The Morgan fingerprint density at radius 3 is 1.43 bits per heavy atom. The lowest BCUT2D eigenvalue weighted by Gasteiger charge is -2.31. The number of carbonyl (C=O) groups excluding carboxylic acids is 1. The molecule has 0 unspecified atom stereocenters. The zero-order valence-corrected chi connectivity index (χ0v) is 25.5. The molecule has 4 aromatic rings. The van der Waals surface area contributed by atoms with Crippen LogP contribution in [0.2, 0.25) is 0 Å². The molecule has 3 nitrogen and oxygen atoms in total. The largest absolute Gasteiger partial charge is 0.444 e.